The largest absolute Gasteiger partial charge is 0.353 e. The lowest BCUT2D eigenvalue weighted by molar-refractivity contribution is -0.121. The van der Waals surface area contributed by atoms with Gasteiger partial charge >= 0.3 is 0 Å². The summed E-state index contributed by atoms with van der Waals surface area (Å²) in [6.07, 6.45) is 2.49. The van der Waals surface area contributed by atoms with E-state index in [0.717, 1.165) is 12.8 Å². The molecular formula is C7H16N3O. The van der Waals surface area contributed by atoms with Crippen molar-refractivity contribution < 1.29 is 4.79 Å². The molecule has 11 heavy (non-hydrogen) atoms. The van der Waals surface area contributed by atoms with Crippen LogP contribution in [0.5, 0.6) is 0 Å². The minimum Gasteiger partial charge on any atom is -0.353 e. The molecule has 0 aliphatic carbocycles. The number of carbonyl (C=O) groups excluding carboxylic acids is 1. The lowest BCUT2D eigenvalue weighted by Gasteiger charge is -2.08. The third kappa shape index (κ3) is 4.75. The number of nitrogens with two attached hydrogens (primary N) is 2. The molecule has 65 valence electrons. The van der Waals surface area contributed by atoms with E-state index in [1.165, 1.54) is 0 Å². The van der Waals surface area contributed by atoms with Crippen molar-refractivity contribution in [3.8, 4) is 0 Å². The predicted molar refractivity (Wildman–Crippen MR) is 44.4 cm³/mol. The Morgan fingerprint density at radius 3 is 2.64 bits per heavy atom. The van der Waals surface area contributed by atoms with E-state index in [-0.39, 0.29) is 5.91 Å². The maximum atomic E-state index is 10.8. The number of unbranched alkanes of at least 4 members (excludes halogenated alkanes) is 1. The van der Waals surface area contributed by atoms with Crippen LogP contribution in [-0.4, -0.2) is 18.5 Å². The molecule has 0 saturated heterocycles. The Labute approximate surface area is 67.3 Å². The fourth-order valence-corrected chi connectivity index (χ4v) is 0.771. The fraction of sp³-hybridized carbons (Fsp3) is 0.714. The summed E-state index contributed by atoms with van der Waals surface area (Å²) in [7, 11) is 3.23. The Kier molecular flexibility index (Phi) is 5.78. The highest BCUT2D eigenvalue weighted by Gasteiger charge is 2.09. The molecule has 4 nitrogen and oxygen atoms in total. The van der Waals surface area contributed by atoms with Crippen molar-refractivity contribution >= 4 is 5.91 Å². The van der Waals surface area contributed by atoms with Gasteiger partial charge in [-0.3, -0.25) is 4.79 Å². The van der Waals surface area contributed by atoms with Gasteiger partial charge in [0.2, 0.25) is 5.91 Å². The Bertz CT molecular complexity index is 116. The summed E-state index contributed by atoms with van der Waals surface area (Å²) in [5.74, 6) is -0.206. The second-order valence-electron chi connectivity index (χ2n) is 2.43. The summed E-state index contributed by atoms with van der Waals surface area (Å²) in [6, 6.07) is -0.431. The van der Waals surface area contributed by atoms with Gasteiger partial charge in [-0.05, 0) is 19.4 Å². The molecule has 5 N–H and O–H groups in total. The predicted octanol–water partition coefficient (Wildman–Crippen LogP) is -0.650. The average molecular weight is 158 g/mol. The molecule has 0 aromatic heterocycles. The van der Waals surface area contributed by atoms with Crippen LogP contribution >= 0.6 is 0 Å². The number of hydrogen-bond acceptors (Lipinski definition) is 3. The van der Waals surface area contributed by atoms with Crippen molar-refractivity contribution in [1.82, 2.24) is 5.32 Å². The highest BCUT2D eigenvalue weighted by atomic mass is 16.2. The van der Waals surface area contributed by atoms with Gasteiger partial charge in [-0.1, -0.05) is 6.42 Å². The van der Waals surface area contributed by atoms with E-state index in [2.05, 4.69) is 12.4 Å². The summed E-state index contributed by atoms with van der Waals surface area (Å²) in [6.45, 7) is 0.652. The highest BCUT2D eigenvalue weighted by molar-refractivity contribution is 5.81. The van der Waals surface area contributed by atoms with Gasteiger partial charge in [0.15, 0.2) is 0 Å². The van der Waals surface area contributed by atoms with E-state index in [1.54, 1.807) is 0 Å². The van der Waals surface area contributed by atoms with Gasteiger partial charge < -0.3 is 16.8 Å². The average Bonchev–Trinajstić information content (AvgIpc) is 2.03. The third-order valence-corrected chi connectivity index (χ3v) is 1.48. The lowest BCUT2D eigenvalue weighted by atomic mass is 10.1. The molecule has 0 unspecified atom stereocenters. The number of rotatable bonds is 5. The molecule has 1 radical (unpaired) electrons. The quantitative estimate of drug-likeness (QED) is 0.465. The molecule has 1 amide bonds. The van der Waals surface area contributed by atoms with Crippen LogP contribution in [-0.2, 0) is 4.79 Å². The van der Waals surface area contributed by atoms with Crippen molar-refractivity contribution in [3.05, 3.63) is 7.05 Å². The van der Waals surface area contributed by atoms with Gasteiger partial charge in [0.1, 0.15) is 0 Å². The summed E-state index contributed by atoms with van der Waals surface area (Å²) >= 11 is 0. The Hall–Kier alpha value is -0.610. The molecule has 0 bridgehead atoms. The molecule has 0 aromatic rings. The zero-order valence-corrected chi connectivity index (χ0v) is 6.68. The number of carbonyl (C=O) groups is 1. The van der Waals surface area contributed by atoms with E-state index in [4.69, 9.17) is 11.5 Å². The summed E-state index contributed by atoms with van der Waals surface area (Å²) < 4.78 is 0. The first-order valence-corrected chi connectivity index (χ1v) is 3.75. The van der Waals surface area contributed by atoms with Crippen molar-refractivity contribution in [1.29, 1.82) is 0 Å². The van der Waals surface area contributed by atoms with Gasteiger partial charge in [0.25, 0.3) is 0 Å². The Morgan fingerprint density at radius 1 is 1.55 bits per heavy atom. The monoisotopic (exact) mass is 158 g/mol. The van der Waals surface area contributed by atoms with Crippen LogP contribution in [0.4, 0.5) is 0 Å². The van der Waals surface area contributed by atoms with E-state index in [9.17, 15) is 4.79 Å². The normalized spacial score (nSPS) is 12.6. The first kappa shape index (κ1) is 10.4. The van der Waals surface area contributed by atoms with Crippen LogP contribution in [0.25, 0.3) is 0 Å². The van der Waals surface area contributed by atoms with Crippen molar-refractivity contribution in [2.75, 3.05) is 6.54 Å². The van der Waals surface area contributed by atoms with Crippen LogP contribution in [0.3, 0.4) is 0 Å². The minimum atomic E-state index is -0.431. The van der Waals surface area contributed by atoms with Crippen LogP contribution < -0.4 is 16.8 Å². The first-order valence-electron chi connectivity index (χ1n) is 3.75. The standard InChI is InChI=1S/C7H16N3O/c1-10-7(11)6(9)4-2-3-5-8/h6H,1-5,8-9H2,(H,10,11)/t6-/m0/s1. The van der Waals surface area contributed by atoms with E-state index >= 15 is 0 Å². The van der Waals surface area contributed by atoms with E-state index < -0.39 is 6.04 Å². The smallest absolute Gasteiger partial charge is 0.236 e. The summed E-state index contributed by atoms with van der Waals surface area (Å²) in [5, 5.41) is 2.25. The molecule has 0 fully saturated rings. The SMILES string of the molecule is [CH2]NC(=O)[C@@H](N)CCCCN. The van der Waals surface area contributed by atoms with Crippen LogP contribution in [0.15, 0.2) is 0 Å². The third-order valence-electron chi connectivity index (χ3n) is 1.48. The minimum absolute atomic E-state index is 0.206. The molecule has 0 aliphatic rings. The van der Waals surface area contributed by atoms with E-state index in [0.29, 0.717) is 13.0 Å². The molecule has 0 aliphatic heterocycles. The second-order valence-corrected chi connectivity index (χ2v) is 2.43. The Balaban J connectivity index is 3.36. The Morgan fingerprint density at radius 2 is 2.18 bits per heavy atom. The maximum absolute atomic E-state index is 10.8. The van der Waals surface area contributed by atoms with Crippen LogP contribution in [0.2, 0.25) is 0 Å². The second kappa shape index (κ2) is 6.12. The van der Waals surface area contributed by atoms with Crippen molar-refractivity contribution in [2.45, 2.75) is 25.3 Å². The maximum Gasteiger partial charge on any atom is 0.236 e. The molecular weight excluding hydrogens is 142 g/mol. The molecule has 0 aromatic carbocycles. The van der Waals surface area contributed by atoms with Gasteiger partial charge in [-0.15, -0.1) is 0 Å². The van der Waals surface area contributed by atoms with Gasteiger partial charge in [-0.2, -0.15) is 0 Å². The highest BCUT2D eigenvalue weighted by Crippen LogP contribution is 1.97. The van der Waals surface area contributed by atoms with E-state index in [1.807, 2.05) is 0 Å². The number of amides is 1. The molecule has 0 heterocycles. The number of hydrogen-bond donors (Lipinski definition) is 3. The fourth-order valence-electron chi connectivity index (χ4n) is 0.771. The zero-order valence-electron chi connectivity index (χ0n) is 6.68. The van der Waals surface area contributed by atoms with Crippen LogP contribution in [0, 0.1) is 7.05 Å². The van der Waals surface area contributed by atoms with Gasteiger partial charge in [-0.25, -0.2) is 0 Å². The zero-order chi connectivity index (χ0) is 8.69. The van der Waals surface area contributed by atoms with Gasteiger partial charge in [0, 0.05) is 7.05 Å². The summed E-state index contributed by atoms with van der Waals surface area (Å²) in [5.41, 5.74) is 10.7. The summed E-state index contributed by atoms with van der Waals surface area (Å²) in [4.78, 5) is 10.8. The molecule has 0 spiro atoms. The van der Waals surface area contributed by atoms with Gasteiger partial charge in [0.05, 0.1) is 6.04 Å². The topological polar surface area (TPSA) is 81.1 Å². The molecule has 1 atom stereocenters. The molecule has 4 heteroatoms. The van der Waals surface area contributed by atoms with Crippen molar-refractivity contribution in [2.24, 2.45) is 11.5 Å². The van der Waals surface area contributed by atoms with Crippen LogP contribution in [0.1, 0.15) is 19.3 Å². The van der Waals surface area contributed by atoms with Crippen molar-refractivity contribution in [3.63, 3.8) is 0 Å². The first-order chi connectivity index (χ1) is 5.22. The molecule has 0 saturated carbocycles. The lowest BCUT2D eigenvalue weighted by Crippen LogP contribution is -2.37. The number of nitrogens with one attached hydrogen (secondary N) is 1. The molecule has 0 rings (SSSR count).